The lowest BCUT2D eigenvalue weighted by atomic mass is 10.2. The Kier molecular flexibility index (Phi) is 4.63. The molecule has 1 saturated heterocycles. The Morgan fingerprint density at radius 2 is 2.04 bits per heavy atom. The first-order valence-electron chi connectivity index (χ1n) is 9.45. The van der Waals surface area contributed by atoms with E-state index in [0.29, 0.717) is 29.8 Å². The van der Waals surface area contributed by atoms with Crippen molar-refractivity contribution in [3.8, 4) is 0 Å². The van der Waals surface area contributed by atoms with Gasteiger partial charge in [0.15, 0.2) is 5.16 Å². The average Bonchev–Trinajstić information content (AvgIpc) is 3.61. The lowest BCUT2D eigenvalue weighted by Crippen LogP contribution is -2.32. The van der Waals surface area contributed by atoms with Gasteiger partial charge in [-0.25, -0.2) is 4.39 Å². The Morgan fingerprint density at radius 1 is 1.22 bits per heavy atom. The number of nitrogens with zero attached hydrogens (tertiary/aromatic N) is 4. The molecule has 1 aliphatic heterocycles. The van der Waals surface area contributed by atoms with E-state index >= 15 is 0 Å². The fraction of sp³-hybridized carbons (Fsp3) is 0.526. The highest BCUT2D eigenvalue weighted by atomic mass is 32.2. The Hall–Kier alpha value is -1.54. The van der Waals surface area contributed by atoms with Gasteiger partial charge in [0.05, 0.1) is 5.75 Å². The molecule has 1 atom stereocenters. The maximum absolute atomic E-state index is 14.2. The lowest BCUT2D eigenvalue weighted by molar-refractivity contribution is -0.128. The summed E-state index contributed by atoms with van der Waals surface area (Å²) in [6.07, 6.45) is 4.75. The summed E-state index contributed by atoms with van der Waals surface area (Å²) in [6.45, 7) is 0.658. The average molecular weight is 405 g/mol. The van der Waals surface area contributed by atoms with E-state index < -0.39 is 0 Å². The molecule has 0 unspecified atom stereocenters. The number of hydrogen-bond donors (Lipinski definition) is 0. The van der Waals surface area contributed by atoms with Crippen LogP contribution >= 0.6 is 23.5 Å². The Labute approximate surface area is 166 Å². The molecule has 8 heteroatoms. The van der Waals surface area contributed by atoms with Crippen molar-refractivity contribution in [3.05, 3.63) is 41.5 Å². The van der Waals surface area contributed by atoms with Crippen LogP contribution in [0.4, 0.5) is 4.39 Å². The molecule has 1 amide bonds. The van der Waals surface area contributed by atoms with Crippen LogP contribution < -0.4 is 0 Å². The highest BCUT2D eigenvalue weighted by molar-refractivity contribution is 8.00. The number of thioether (sulfide) groups is 2. The summed E-state index contributed by atoms with van der Waals surface area (Å²) in [5, 5.41) is 9.40. The predicted molar refractivity (Wildman–Crippen MR) is 104 cm³/mol. The number of amides is 1. The summed E-state index contributed by atoms with van der Waals surface area (Å²) < 4.78 is 16.5. The van der Waals surface area contributed by atoms with Gasteiger partial charge in [-0.15, -0.1) is 22.0 Å². The molecule has 2 saturated carbocycles. The van der Waals surface area contributed by atoms with Crippen molar-refractivity contribution in [2.75, 3.05) is 18.1 Å². The topological polar surface area (TPSA) is 51.0 Å². The second-order valence-corrected chi connectivity index (χ2v) is 9.47. The fourth-order valence-corrected chi connectivity index (χ4v) is 5.75. The molecular formula is C19H21FN4OS2. The van der Waals surface area contributed by atoms with Gasteiger partial charge in [-0.1, -0.05) is 30.0 Å². The quantitative estimate of drug-likeness (QED) is 0.681. The van der Waals surface area contributed by atoms with Crippen molar-refractivity contribution in [2.24, 2.45) is 0 Å². The fourth-order valence-electron chi connectivity index (χ4n) is 3.55. The predicted octanol–water partition coefficient (Wildman–Crippen LogP) is 4.00. The Balaban J connectivity index is 1.29. The molecule has 0 bridgehead atoms. The molecule has 0 N–H and O–H groups in total. The zero-order valence-corrected chi connectivity index (χ0v) is 16.5. The van der Waals surface area contributed by atoms with Crippen molar-refractivity contribution in [2.45, 2.75) is 48.2 Å². The van der Waals surface area contributed by atoms with E-state index in [1.165, 1.54) is 43.5 Å². The van der Waals surface area contributed by atoms with Crippen molar-refractivity contribution < 1.29 is 9.18 Å². The maximum atomic E-state index is 14.2. The number of rotatable bonds is 6. The number of benzene rings is 1. The second kappa shape index (κ2) is 7.13. The third-order valence-electron chi connectivity index (χ3n) is 5.25. The van der Waals surface area contributed by atoms with Gasteiger partial charge in [-0.05, 0) is 31.7 Å². The van der Waals surface area contributed by atoms with Crippen LogP contribution in [-0.2, 0) is 4.79 Å². The number of carbonyl (C=O) groups excluding carboxylic acids is 1. The van der Waals surface area contributed by atoms with Crippen LogP contribution in [-0.4, -0.2) is 43.6 Å². The standard InChI is InChI=1S/C19H21FN4OS2/c20-15-4-2-1-3-14(15)18-23(9-10-26-18)16(25)11-27-19-22-21-17(12-5-6-12)24(19)13-7-8-13/h1-4,12-13,18H,5-11H2/t18-/m1/s1. The first-order valence-corrected chi connectivity index (χ1v) is 11.5. The van der Waals surface area contributed by atoms with Gasteiger partial charge < -0.3 is 9.47 Å². The molecule has 3 fully saturated rings. The zero-order valence-electron chi connectivity index (χ0n) is 14.9. The molecule has 142 valence electrons. The second-order valence-electron chi connectivity index (χ2n) is 7.34. The number of carbonyl (C=O) groups is 1. The number of halogens is 1. The molecule has 5 nitrogen and oxygen atoms in total. The van der Waals surface area contributed by atoms with Gasteiger partial charge in [0, 0.05) is 29.8 Å². The summed E-state index contributed by atoms with van der Waals surface area (Å²) in [6, 6.07) is 7.26. The largest absolute Gasteiger partial charge is 0.325 e. The molecule has 1 aromatic heterocycles. The van der Waals surface area contributed by atoms with E-state index in [1.807, 2.05) is 6.07 Å². The monoisotopic (exact) mass is 404 g/mol. The molecule has 5 rings (SSSR count). The molecule has 3 aliphatic rings. The van der Waals surface area contributed by atoms with Crippen LogP contribution in [0, 0.1) is 5.82 Å². The van der Waals surface area contributed by atoms with E-state index in [9.17, 15) is 9.18 Å². The minimum atomic E-state index is -0.245. The van der Waals surface area contributed by atoms with Gasteiger partial charge in [0.2, 0.25) is 5.91 Å². The summed E-state index contributed by atoms with van der Waals surface area (Å²) >= 11 is 3.10. The van der Waals surface area contributed by atoms with E-state index in [1.54, 1.807) is 28.8 Å². The number of hydrogen-bond acceptors (Lipinski definition) is 5. The van der Waals surface area contributed by atoms with Gasteiger partial charge in [-0.2, -0.15) is 0 Å². The molecule has 0 spiro atoms. The lowest BCUT2D eigenvalue weighted by Gasteiger charge is -2.24. The van der Waals surface area contributed by atoms with Gasteiger partial charge in [-0.3, -0.25) is 4.79 Å². The smallest absolute Gasteiger partial charge is 0.234 e. The molecule has 2 heterocycles. The molecule has 2 aromatic rings. The highest BCUT2D eigenvalue weighted by Gasteiger charge is 2.37. The summed E-state index contributed by atoms with van der Waals surface area (Å²) in [5.41, 5.74) is 0.593. The third kappa shape index (κ3) is 3.49. The zero-order chi connectivity index (χ0) is 18.4. The SMILES string of the molecule is O=C(CSc1nnc(C2CC2)n1C1CC1)N1CCS[C@@H]1c1ccccc1F. The van der Waals surface area contributed by atoms with Crippen LogP contribution in [0.1, 0.15) is 54.4 Å². The van der Waals surface area contributed by atoms with Gasteiger partial charge >= 0.3 is 0 Å². The van der Waals surface area contributed by atoms with E-state index in [2.05, 4.69) is 14.8 Å². The molecular weight excluding hydrogens is 383 g/mol. The first kappa shape index (κ1) is 17.6. The van der Waals surface area contributed by atoms with Crippen molar-refractivity contribution >= 4 is 29.4 Å². The van der Waals surface area contributed by atoms with Crippen LogP contribution in [0.15, 0.2) is 29.4 Å². The first-order chi connectivity index (χ1) is 13.2. The summed E-state index contributed by atoms with van der Waals surface area (Å²) in [4.78, 5) is 14.7. The maximum Gasteiger partial charge on any atom is 0.234 e. The minimum Gasteiger partial charge on any atom is -0.325 e. The number of aromatic nitrogens is 3. The van der Waals surface area contributed by atoms with E-state index in [-0.39, 0.29) is 17.1 Å². The van der Waals surface area contributed by atoms with Crippen LogP contribution in [0.3, 0.4) is 0 Å². The molecule has 1 aromatic carbocycles. The Bertz CT molecular complexity index is 865. The summed E-state index contributed by atoms with van der Waals surface area (Å²) in [5.74, 6) is 2.61. The molecule has 2 aliphatic carbocycles. The van der Waals surface area contributed by atoms with Crippen molar-refractivity contribution in [1.82, 2.24) is 19.7 Å². The summed E-state index contributed by atoms with van der Waals surface area (Å²) in [7, 11) is 0. The molecule has 0 radical (unpaired) electrons. The van der Waals surface area contributed by atoms with E-state index in [0.717, 1.165) is 16.7 Å². The van der Waals surface area contributed by atoms with Crippen LogP contribution in [0.25, 0.3) is 0 Å². The van der Waals surface area contributed by atoms with Crippen LogP contribution in [0.5, 0.6) is 0 Å². The minimum absolute atomic E-state index is 0.0385. The Morgan fingerprint density at radius 3 is 2.78 bits per heavy atom. The normalized spacial score (nSPS) is 22.4. The van der Waals surface area contributed by atoms with E-state index in [4.69, 9.17) is 0 Å². The van der Waals surface area contributed by atoms with Gasteiger partial charge in [0.25, 0.3) is 0 Å². The van der Waals surface area contributed by atoms with Crippen LogP contribution in [0.2, 0.25) is 0 Å². The van der Waals surface area contributed by atoms with Crippen molar-refractivity contribution in [3.63, 3.8) is 0 Å². The third-order valence-corrected chi connectivity index (χ3v) is 7.42. The van der Waals surface area contributed by atoms with Gasteiger partial charge in [0.1, 0.15) is 17.0 Å². The highest BCUT2D eigenvalue weighted by Crippen LogP contribution is 2.46. The molecule has 27 heavy (non-hydrogen) atoms. The van der Waals surface area contributed by atoms with Crippen molar-refractivity contribution in [1.29, 1.82) is 0 Å².